The number of carbonyl (C=O) groups is 2. The van der Waals surface area contributed by atoms with Gasteiger partial charge in [-0.25, -0.2) is 0 Å². The molecule has 1 N–H and O–H groups in total. The zero-order valence-electron chi connectivity index (χ0n) is 12.9. The van der Waals surface area contributed by atoms with E-state index in [4.69, 9.17) is 11.6 Å². The van der Waals surface area contributed by atoms with Gasteiger partial charge in [0.15, 0.2) is 0 Å². The molecule has 5 heteroatoms. The standard InChI is InChI=1S/C16H21ClN2O2/c1-5-16(6-2)15(21)19(11(4)14(20)18-16)13-9-12(17)8-7-10(13)3/h7-9,11H,5-6H2,1-4H3,(H,18,20). The van der Waals surface area contributed by atoms with Crippen LogP contribution in [0.1, 0.15) is 39.2 Å². The number of hydrogen-bond acceptors (Lipinski definition) is 2. The van der Waals surface area contributed by atoms with E-state index >= 15 is 0 Å². The normalized spacial score (nSPS) is 21.4. The number of amides is 2. The fraction of sp³-hybridized carbons (Fsp3) is 0.500. The van der Waals surface area contributed by atoms with Crippen LogP contribution in [-0.2, 0) is 9.59 Å². The molecule has 0 bridgehead atoms. The molecule has 0 spiro atoms. The summed E-state index contributed by atoms with van der Waals surface area (Å²) in [5, 5.41) is 3.46. The largest absolute Gasteiger partial charge is 0.340 e. The topological polar surface area (TPSA) is 49.4 Å². The number of piperazine rings is 1. The highest BCUT2D eigenvalue weighted by molar-refractivity contribution is 6.31. The maximum absolute atomic E-state index is 13.0. The van der Waals surface area contributed by atoms with Crippen molar-refractivity contribution in [2.75, 3.05) is 4.90 Å². The van der Waals surface area contributed by atoms with Gasteiger partial charge in [-0.3, -0.25) is 14.5 Å². The number of aryl methyl sites for hydroxylation is 1. The molecule has 1 saturated heterocycles. The number of carbonyl (C=O) groups excluding carboxylic acids is 2. The highest BCUT2D eigenvalue weighted by Crippen LogP contribution is 2.32. The molecule has 0 saturated carbocycles. The molecule has 2 rings (SSSR count). The van der Waals surface area contributed by atoms with Crippen LogP contribution in [0.5, 0.6) is 0 Å². The molecule has 1 aliphatic heterocycles. The summed E-state index contributed by atoms with van der Waals surface area (Å²) >= 11 is 6.07. The Labute approximate surface area is 130 Å². The zero-order valence-corrected chi connectivity index (χ0v) is 13.6. The molecular weight excluding hydrogens is 288 g/mol. The Kier molecular flexibility index (Phi) is 4.28. The SMILES string of the molecule is CCC1(CC)NC(=O)C(C)N(c2cc(Cl)ccc2C)C1=O. The molecule has 1 aromatic rings. The molecule has 1 atom stereocenters. The van der Waals surface area contributed by atoms with E-state index in [9.17, 15) is 9.59 Å². The number of anilines is 1. The van der Waals surface area contributed by atoms with Crippen LogP contribution in [0.2, 0.25) is 5.02 Å². The number of nitrogens with zero attached hydrogens (tertiary/aromatic N) is 1. The van der Waals surface area contributed by atoms with Gasteiger partial charge < -0.3 is 5.32 Å². The highest BCUT2D eigenvalue weighted by Gasteiger charge is 2.48. The Hall–Kier alpha value is -1.55. The van der Waals surface area contributed by atoms with E-state index < -0.39 is 11.6 Å². The summed E-state index contributed by atoms with van der Waals surface area (Å²) in [5.41, 5.74) is 0.815. The van der Waals surface area contributed by atoms with Crippen LogP contribution in [0.25, 0.3) is 0 Å². The van der Waals surface area contributed by atoms with Gasteiger partial charge in [-0.2, -0.15) is 0 Å². The average molecular weight is 309 g/mol. The Morgan fingerprint density at radius 2 is 1.90 bits per heavy atom. The third-order valence-electron chi connectivity index (χ3n) is 4.40. The van der Waals surface area contributed by atoms with Crippen LogP contribution in [0, 0.1) is 6.92 Å². The van der Waals surface area contributed by atoms with Crippen molar-refractivity contribution in [1.82, 2.24) is 5.32 Å². The van der Waals surface area contributed by atoms with Gasteiger partial charge in [0.1, 0.15) is 11.6 Å². The molecule has 0 radical (unpaired) electrons. The van der Waals surface area contributed by atoms with E-state index in [2.05, 4.69) is 5.32 Å². The molecule has 1 fully saturated rings. The van der Waals surface area contributed by atoms with Gasteiger partial charge in [0, 0.05) is 10.7 Å². The molecule has 21 heavy (non-hydrogen) atoms. The summed E-state index contributed by atoms with van der Waals surface area (Å²) in [7, 11) is 0. The Balaban J connectivity index is 2.56. The van der Waals surface area contributed by atoms with Crippen molar-refractivity contribution < 1.29 is 9.59 Å². The fourth-order valence-electron chi connectivity index (χ4n) is 2.81. The first kappa shape index (κ1) is 15.8. The minimum Gasteiger partial charge on any atom is -0.340 e. The van der Waals surface area contributed by atoms with Gasteiger partial charge in [-0.1, -0.05) is 31.5 Å². The molecule has 1 aromatic carbocycles. The monoisotopic (exact) mass is 308 g/mol. The predicted octanol–water partition coefficient (Wildman–Crippen LogP) is 3.06. The van der Waals surface area contributed by atoms with Gasteiger partial charge >= 0.3 is 0 Å². The Bertz CT molecular complexity index is 582. The average Bonchev–Trinajstić information content (AvgIpc) is 2.47. The van der Waals surface area contributed by atoms with Crippen molar-refractivity contribution in [3.63, 3.8) is 0 Å². The van der Waals surface area contributed by atoms with E-state index in [0.717, 1.165) is 5.56 Å². The second-order valence-electron chi connectivity index (χ2n) is 5.56. The van der Waals surface area contributed by atoms with Gasteiger partial charge in [0.2, 0.25) is 5.91 Å². The lowest BCUT2D eigenvalue weighted by Gasteiger charge is -2.44. The van der Waals surface area contributed by atoms with E-state index in [1.54, 1.807) is 24.0 Å². The molecular formula is C16H21ClN2O2. The number of rotatable bonds is 3. The van der Waals surface area contributed by atoms with E-state index in [-0.39, 0.29) is 11.8 Å². The summed E-state index contributed by atoms with van der Waals surface area (Å²) in [4.78, 5) is 26.9. The minimum atomic E-state index is -0.821. The summed E-state index contributed by atoms with van der Waals surface area (Å²) in [5.74, 6) is -0.192. The maximum atomic E-state index is 13.0. The number of hydrogen-bond donors (Lipinski definition) is 1. The summed E-state index contributed by atoms with van der Waals surface area (Å²) < 4.78 is 0. The molecule has 4 nitrogen and oxygen atoms in total. The van der Waals surface area contributed by atoms with Crippen molar-refractivity contribution in [2.45, 2.75) is 52.1 Å². The molecule has 1 heterocycles. The lowest BCUT2D eigenvalue weighted by Crippen LogP contribution is -2.69. The van der Waals surface area contributed by atoms with Gasteiger partial charge in [0.05, 0.1) is 0 Å². The molecule has 0 aliphatic carbocycles. The second-order valence-corrected chi connectivity index (χ2v) is 6.00. The lowest BCUT2D eigenvalue weighted by atomic mass is 9.87. The lowest BCUT2D eigenvalue weighted by molar-refractivity contribution is -0.138. The first-order chi connectivity index (χ1) is 9.86. The Morgan fingerprint density at radius 3 is 2.48 bits per heavy atom. The van der Waals surface area contributed by atoms with E-state index in [1.165, 1.54) is 0 Å². The van der Waals surface area contributed by atoms with Gasteiger partial charge in [0.25, 0.3) is 5.91 Å². The van der Waals surface area contributed by atoms with Crippen molar-refractivity contribution >= 4 is 29.1 Å². The van der Waals surface area contributed by atoms with E-state index in [1.807, 2.05) is 26.8 Å². The molecule has 1 aliphatic rings. The van der Waals surface area contributed by atoms with Gasteiger partial charge in [-0.05, 0) is 44.4 Å². The Morgan fingerprint density at radius 1 is 1.29 bits per heavy atom. The highest BCUT2D eigenvalue weighted by atomic mass is 35.5. The second kappa shape index (κ2) is 5.68. The summed E-state index contributed by atoms with van der Waals surface area (Å²) in [6, 6.07) is 4.86. The van der Waals surface area contributed by atoms with Crippen LogP contribution >= 0.6 is 11.6 Å². The van der Waals surface area contributed by atoms with Crippen molar-refractivity contribution in [3.05, 3.63) is 28.8 Å². The smallest absolute Gasteiger partial charge is 0.253 e. The minimum absolute atomic E-state index is 0.0648. The third-order valence-corrected chi connectivity index (χ3v) is 4.63. The number of halogens is 1. The first-order valence-corrected chi connectivity index (χ1v) is 7.66. The molecule has 114 valence electrons. The maximum Gasteiger partial charge on any atom is 0.253 e. The quantitative estimate of drug-likeness (QED) is 0.933. The summed E-state index contributed by atoms with van der Waals surface area (Å²) in [6.07, 6.45) is 1.13. The molecule has 2 amide bonds. The van der Waals surface area contributed by atoms with Crippen molar-refractivity contribution in [1.29, 1.82) is 0 Å². The molecule has 0 aromatic heterocycles. The van der Waals surface area contributed by atoms with Crippen LogP contribution < -0.4 is 10.2 Å². The summed E-state index contributed by atoms with van der Waals surface area (Å²) in [6.45, 7) is 7.49. The first-order valence-electron chi connectivity index (χ1n) is 7.28. The van der Waals surface area contributed by atoms with Crippen LogP contribution in [0.15, 0.2) is 18.2 Å². The fourth-order valence-corrected chi connectivity index (χ4v) is 2.97. The van der Waals surface area contributed by atoms with Crippen LogP contribution in [0.3, 0.4) is 0 Å². The predicted molar refractivity (Wildman–Crippen MR) is 84.6 cm³/mol. The number of benzene rings is 1. The van der Waals surface area contributed by atoms with Crippen molar-refractivity contribution in [2.24, 2.45) is 0 Å². The number of nitrogens with one attached hydrogen (secondary N) is 1. The van der Waals surface area contributed by atoms with Crippen LogP contribution in [0.4, 0.5) is 5.69 Å². The van der Waals surface area contributed by atoms with Crippen LogP contribution in [-0.4, -0.2) is 23.4 Å². The zero-order chi connectivity index (χ0) is 15.8. The molecule has 1 unspecified atom stereocenters. The van der Waals surface area contributed by atoms with E-state index in [0.29, 0.717) is 23.6 Å². The third kappa shape index (κ3) is 2.53. The van der Waals surface area contributed by atoms with Gasteiger partial charge in [-0.15, -0.1) is 0 Å². The van der Waals surface area contributed by atoms with Crippen molar-refractivity contribution in [3.8, 4) is 0 Å².